The molecule has 9 rings (SSSR count). The normalized spacial score (nSPS) is 12.9. The molecule has 3 aromatic heterocycles. The quantitative estimate of drug-likeness (QED) is 0.191. The third kappa shape index (κ3) is 4.19. The van der Waals surface area contributed by atoms with E-state index in [0.717, 1.165) is 33.3 Å². The van der Waals surface area contributed by atoms with Crippen LogP contribution in [0.15, 0.2) is 126 Å². The lowest BCUT2D eigenvalue weighted by molar-refractivity contribution is 0.591. The first-order valence-electron chi connectivity index (χ1n) is 16.6. The average molecular weight is 611 g/mol. The van der Waals surface area contributed by atoms with Gasteiger partial charge in [-0.25, -0.2) is 0 Å². The van der Waals surface area contributed by atoms with Gasteiger partial charge in [-0.2, -0.15) is 0 Å². The SMILES string of the molecule is CC(C)(C)c1ccc2c(c1)c1ccccc1n2-c1ccc2oc3ccc(-n4c5ccccc5c5cc(C(C)(C)C)ccc54)cc3c2c1. The Morgan fingerprint density at radius 2 is 0.787 bits per heavy atom. The Balaban J connectivity index is 1.27. The summed E-state index contributed by atoms with van der Waals surface area (Å²) in [5.41, 5.74) is 11.7. The van der Waals surface area contributed by atoms with Crippen molar-refractivity contribution < 1.29 is 4.42 Å². The van der Waals surface area contributed by atoms with E-state index >= 15 is 0 Å². The number of aromatic nitrogens is 2. The molecule has 47 heavy (non-hydrogen) atoms. The highest BCUT2D eigenvalue weighted by atomic mass is 16.3. The van der Waals surface area contributed by atoms with Gasteiger partial charge in [0.15, 0.2) is 0 Å². The van der Waals surface area contributed by atoms with Gasteiger partial charge in [0.2, 0.25) is 0 Å². The van der Waals surface area contributed by atoms with Gasteiger partial charge >= 0.3 is 0 Å². The standard InChI is InChI=1S/C44H38N2O/c1-43(2,3)27-15-19-39-33(23-27)31-11-7-9-13-37(31)45(39)29-17-21-41-35(25-29)36-26-30(18-22-42(36)47-41)46-38-14-10-8-12-32(38)34-24-28(44(4,5)6)16-20-40(34)46/h7-26H,1-6H3. The van der Waals surface area contributed by atoms with Crippen molar-refractivity contribution in [3.8, 4) is 11.4 Å². The van der Waals surface area contributed by atoms with Crippen molar-refractivity contribution >= 4 is 65.6 Å². The van der Waals surface area contributed by atoms with Crippen LogP contribution >= 0.6 is 0 Å². The van der Waals surface area contributed by atoms with Crippen LogP contribution in [0.1, 0.15) is 52.7 Å². The molecule has 0 spiro atoms. The van der Waals surface area contributed by atoms with Crippen molar-refractivity contribution in [1.29, 1.82) is 0 Å². The largest absolute Gasteiger partial charge is 0.456 e. The number of rotatable bonds is 2. The van der Waals surface area contributed by atoms with Crippen LogP contribution in [-0.2, 0) is 10.8 Å². The molecule has 0 aliphatic heterocycles. The van der Waals surface area contributed by atoms with Crippen molar-refractivity contribution in [2.75, 3.05) is 0 Å². The molecule has 0 unspecified atom stereocenters. The molecule has 6 aromatic carbocycles. The smallest absolute Gasteiger partial charge is 0.135 e. The van der Waals surface area contributed by atoms with Crippen molar-refractivity contribution in [3.63, 3.8) is 0 Å². The second kappa shape index (κ2) is 9.62. The summed E-state index contributed by atoms with van der Waals surface area (Å²) in [7, 11) is 0. The molecule has 0 aliphatic carbocycles. The van der Waals surface area contributed by atoms with E-state index in [-0.39, 0.29) is 10.8 Å². The number of hydrogen-bond donors (Lipinski definition) is 0. The Hall–Kier alpha value is -5.28. The van der Waals surface area contributed by atoms with Crippen LogP contribution in [-0.4, -0.2) is 9.13 Å². The minimum absolute atomic E-state index is 0.0783. The van der Waals surface area contributed by atoms with Crippen molar-refractivity contribution in [2.24, 2.45) is 0 Å². The van der Waals surface area contributed by atoms with Gasteiger partial charge in [0.05, 0.1) is 22.1 Å². The molecular formula is C44H38N2O. The molecule has 3 nitrogen and oxygen atoms in total. The predicted molar refractivity (Wildman–Crippen MR) is 200 cm³/mol. The van der Waals surface area contributed by atoms with Gasteiger partial charge in [-0.3, -0.25) is 0 Å². The third-order valence-corrected chi connectivity index (χ3v) is 10.0. The van der Waals surface area contributed by atoms with Gasteiger partial charge in [-0.05, 0) is 94.8 Å². The van der Waals surface area contributed by atoms with Gasteiger partial charge in [0.1, 0.15) is 11.2 Å². The fourth-order valence-electron chi connectivity index (χ4n) is 7.47. The zero-order chi connectivity index (χ0) is 32.2. The second-order valence-electron chi connectivity index (χ2n) is 15.1. The molecule has 3 heteroatoms. The molecule has 3 heterocycles. The van der Waals surface area contributed by atoms with Gasteiger partial charge in [0.25, 0.3) is 0 Å². The Kier molecular flexibility index (Phi) is 5.73. The van der Waals surface area contributed by atoms with E-state index < -0.39 is 0 Å². The van der Waals surface area contributed by atoms with Crippen LogP contribution in [0.2, 0.25) is 0 Å². The number of hydrogen-bond acceptors (Lipinski definition) is 1. The second-order valence-corrected chi connectivity index (χ2v) is 15.1. The number of nitrogens with zero attached hydrogens (tertiary/aromatic N) is 2. The Morgan fingerprint density at radius 3 is 1.21 bits per heavy atom. The maximum Gasteiger partial charge on any atom is 0.135 e. The van der Waals surface area contributed by atoms with Crippen LogP contribution in [0, 0.1) is 0 Å². The highest BCUT2D eigenvalue weighted by Gasteiger charge is 2.21. The molecule has 0 radical (unpaired) electrons. The van der Waals surface area contributed by atoms with Crippen molar-refractivity contribution in [2.45, 2.75) is 52.4 Å². The minimum Gasteiger partial charge on any atom is -0.456 e. The molecule has 0 fully saturated rings. The number of furan rings is 1. The summed E-state index contributed by atoms with van der Waals surface area (Å²) in [6.45, 7) is 13.7. The summed E-state index contributed by atoms with van der Waals surface area (Å²) >= 11 is 0. The summed E-state index contributed by atoms with van der Waals surface area (Å²) in [4.78, 5) is 0. The number of para-hydroxylation sites is 2. The average Bonchev–Trinajstić information content (AvgIpc) is 3.70. The number of fused-ring (bicyclic) bond motifs is 9. The fraction of sp³-hybridized carbons (Fsp3) is 0.182. The minimum atomic E-state index is 0.0783. The molecule has 0 saturated carbocycles. The zero-order valence-corrected chi connectivity index (χ0v) is 27.8. The summed E-state index contributed by atoms with van der Waals surface area (Å²) in [5, 5.41) is 7.35. The summed E-state index contributed by atoms with van der Waals surface area (Å²) in [6, 6.07) is 44.6. The Bertz CT molecular complexity index is 2510. The first kappa shape index (κ1) is 28.0. The highest BCUT2D eigenvalue weighted by Crippen LogP contribution is 2.40. The van der Waals surface area contributed by atoms with Gasteiger partial charge in [-0.1, -0.05) is 90.1 Å². The fourth-order valence-corrected chi connectivity index (χ4v) is 7.47. The van der Waals surface area contributed by atoms with Crippen LogP contribution in [0.3, 0.4) is 0 Å². The van der Waals surface area contributed by atoms with Gasteiger partial charge in [0, 0.05) is 43.7 Å². The van der Waals surface area contributed by atoms with Crippen LogP contribution < -0.4 is 0 Å². The highest BCUT2D eigenvalue weighted by molar-refractivity contribution is 6.12. The summed E-state index contributed by atoms with van der Waals surface area (Å²) < 4.78 is 11.2. The van der Waals surface area contributed by atoms with E-state index in [9.17, 15) is 0 Å². The van der Waals surface area contributed by atoms with E-state index in [1.807, 2.05) is 0 Å². The molecule has 0 amide bonds. The molecule has 0 bridgehead atoms. The maximum atomic E-state index is 6.43. The Labute approximate surface area is 274 Å². The van der Waals surface area contributed by atoms with Gasteiger partial charge in [-0.15, -0.1) is 0 Å². The molecule has 230 valence electrons. The van der Waals surface area contributed by atoms with Crippen LogP contribution in [0.5, 0.6) is 0 Å². The summed E-state index contributed by atoms with van der Waals surface area (Å²) in [5.74, 6) is 0. The van der Waals surface area contributed by atoms with Crippen LogP contribution in [0.4, 0.5) is 0 Å². The number of benzene rings is 6. The van der Waals surface area contributed by atoms with E-state index in [4.69, 9.17) is 4.42 Å². The van der Waals surface area contributed by atoms with E-state index in [0.29, 0.717) is 0 Å². The molecule has 0 aliphatic rings. The topological polar surface area (TPSA) is 23.0 Å². The summed E-state index contributed by atoms with van der Waals surface area (Å²) in [6.07, 6.45) is 0. The predicted octanol–water partition coefficient (Wildman–Crippen LogP) is 12.4. The van der Waals surface area contributed by atoms with E-state index in [1.165, 1.54) is 54.7 Å². The van der Waals surface area contributed by atoms with E-state index in [2.05, 4.69) is 172 Å². The Morgan fingerprint density at radius 1 is 0.383 bits per heavy atom. The molecule has 9 aromatic rings. The first-order valence-corrected chi connectivity index (χ1v) is 16.6. The lowest BCUT2D eigenvalue weighted by Gasteiger charge is -2.19. The lowest BCUT2D eigenvalue weighted by Crippen LogP contribution is -2.10. The van der Waals surface area contributed by atoms with Gasteiger partial charge < -0.3 is 13.6 Å². The first-order chi connectivity index (χ1) is 22.6. The van der Waals surface area contributed by atoms with Crippen molar-refractivity contribution in [3.05, 3.63) is 132 Å². The monoisotopic (exact) mass is 610 g/mol. The van der Waals surface area contributed by atoms with E-state index in [1.54, 1.807) is 0 Å². The third-order valence-electron chi connectivity index (χ3n) is 10.0. The molecule has 0 N–H and O–H groups in total. The molecule has 0 atom stereocenters. The van der Waals surface area contributed by atoms with Crippen molar-refractivity contribution in [1.82, 2.24) is 9.13 Å². The lowest BCUT2D eigenvalue weighted by atomic mass is 9.86. The maximum absolute atomic E-state index is 6.43. The molecule has 0 saturated heterocycles. The van der Waals surface area contributed by atoms with Crippen LogP contribution in [0.25, 0.3) is 76.9 Å². The zero-order valence-electron chi connectivity index (χ0n) is 27.8. The molecular weight excluding hydrogens is 572 g/mol.